The van der Waals surface area contributed by atoms with Crippen molar-refractivity contribution in [2.45, 2.75) is 19.3 Å². The van der Waals surface area contributed by atoms with Crippen molar-refractivity contribution in [3.05, 3.63) is 39.8 Å². The van der Waals surface area contributed by atoms with E-state index in [2.05, 4.69) is 44.8 Å². The first kappa shape index (κ1) is 13.3. The van der Waals surface area contributed by atoms with Crippen LogP contribution < -0.4 is 5.32 Å². The van der Waals surface area contributed by atoms with Gasteiger partial charge in [0.2, 0.25) is 0 Å². The molecule has 100 valence electrons. The molecular formula is C15H17BrN2S. The molecule has 0 radical (unpaired) electrons. The van der Waals surface area contributed by atoms with Crippen LogP contribution in [0, 0.1) is 5.92 Å². The Morgan fingerprint density at radius 2 is 2.05 bits per heavy atom. The van der Waals surface area contributed by atoms with Gasteiger partial charge >= 0.3 is 0 Å². The number of halogens is 1. The standard InChI is InChI=1S/C15H17BrN2S/c16-14-4-2-1-3-13(14)15-18-12(10-19-15)9-11-5-7-17-8-6-11/h1-4,10-11,17H,5-9H2. The van der Waals surface area contributed by atoms with Gasteiger partial charge in [0, 0.05) is 15.4 Å². The van der Waals surface area contributed by atoms with Gasteiger partial charge in [0.15, 0.2) is 0 Å². The van der Waals surface area contributed by atoms with E-state index in [0.717, 1.165) is 34.9 Å². The summed E-state index contributed by atoms with van der Waals surface area (Å²) in [5, 5.41) is 6.76. The molecule has 1 N–H and O–H groups in total. The van der Waals surface area contributed by atoms with Crippen molar-refractivity contribution in [3.63, 3.8) is 0 Å². The molecule has 1 aliphatic heterocycles. The second-order valence-corrected chi connectivity index (χ2v) is 6.73. The van der Waals surface area contributed by atoms with Gasteiger partial charge < -0.3 is 5.32 Å². The quantitative estimate of drug-likeness (QED) is 0.912. The normalized spacial score (nSPS) is 16.7. The number of piperidine rings is 1. The van der Waals surface area contributed by atoms with E-state index in [-0.39, 0.29) is 0 Å². The van der Waals surface area contributed by atoms with E-state index in [0.29, 0.717) is 0 Å². The van der Waals surface area contributed by atoms with Crippen LogP contribution in [0.1, 0.15) is 18.5 Å². The smallest absolute Gasteiger partial charge is 0.124 e. The largest absolute Gasteiger partial charge is 0.317 e. The van der Waals surface area contributed by atoms with E-state index < -0.39 is 0 Å². The Bertz CT molecular complexity index is 547. The fourth-order valence-electron chi connectivity index (χ4n) is 2.54. The van der Waals surface area contributed by atoms with Gasteiger partial charge in [-0.25, -0.2) is 4.98 Å². The van der Waals surface area contributed by atoms with Crippen LogP contribution in [0.15, 0.2) is 34.1 Å². The number of benzene rings is 1. The summed E-state index contributed by atoms with van der Waals surface area (Å²) in [6.45, 7) is 2.32. The Hall–Kier alpha value is -0.710. The SMILES string of the molecule is Brc1ccccc1-c1nc(CC2CCNCC2)cs1. The number of rotatable bonds is 3. The molecule has 3 rings (SSSR count). The van der Waals surface area contributed by atoms with Crippen molar-refractivity contribution in [1.82, 2.24) is 10.3 Å². The number of aromatic nitrogens is 1. The predicted octanol–water partition coefficient (Wildman–Crippen LogP) is 4.11. The van der Waals surface area contributed by atoms with Crippen LogP contribution in [0.5, 0.6) is 0 Å². The molecule has 0 unspecified atom stereocenters. The zero-order valence-corrected chi connectivity index (χ0v) is 13.1. The summed E-state index contributed by atoms with van der Waals surface area (Å²) in [6.07, 6.45) is 3.69. The van der Waals surface area contributed by atoms with E-state index in [1.165, 1.54) is 24.1 Å². The number of hydrogen-bond donors (Lipinski definition) is 1. The van der Waals surface area contributed by atoms with Gasteiger partial charge in [-0.2, -0.15) is 0 Å². The van der Waals surface area contributed by atoms with Crippen molar-refractivity contribution >= 4 is 27.3 Å². The van der Waals surface area contributed by atoms with Gasteiger partial charge in [-0.3, -0.25) is 0 Å². The average Bonchev–Trinajstić information content (AvgIpc) is 2.89. The molecule has 2 aromatic rings. The molecule has 2 heterocycles. The molecule has 0 spiro atoms. The van der Waals surface area contributed by atoms with E-state index in [1.54, 1.807) is 11.3 Å². The van der Waals surface area contributed by atoms with Gasteiger partial charge in [-0.1, -0.05) is 34.1 Å². The molecular weight excluding hydrogens is 320 g/mol. The Labute approximate surface area is 126 Å². The second kappa shape index (κ2) is 6.16. The summed E-state index contributed by atoms with van der Waals surface area (Å²) in [4.78, 5) is 4.80. The third kappa shape index (κ3) is 3.25. The molecule has 4 heteroatoms. The lowest BCUT2D eigenvalue weighted by molar-refractivity contribution is 0.370. The summed E-state index contributed by atoms with van der Waals surface area (Å²) in [6, 6.07) is 8.30. The van der Waals surface area contributed by atoms with Crippen molar-refractivity contribution in [2.24, 2.45) is 5.92 Å². The first-order chi connectivity index (χ1) is 9.33. The highest BCUT2D eigenvalue weighted by molar-refractivity contribution is 9.10. The number of nitrogens with zero attached hydrogens (tertiary/aromatic N) is 1. The molecule has 1 aliphatic rings. The lowest BCUT2D eigenvalue weighted by Crippen LogP contribution is -2.28. The molecule has 0 atom stereocenters. The highest BCUT2D eigenvalue weighted by Crippen LogP contribution is 2.31. The summed E-state index contributed by atoms with van der Waals surface area (Å²) < 4.78 is 1.12. The van der Waals surface area contributed by atoms with Crippen LogP contribution in [-0.2, 0) is 6.42 Å². The Morgan fingerprint density at radius 1 is 1.26 bits per heavy atom. The van der Waals surface area contributed by atoms with Crippen LogP contribution in [0.2, 0.25) is 0 Å². The fourth-order valence-corrected chi connectivity index (χ4v) is 4.02. The van der Waals surface area contributed by atoms with Crippen LogP contribution in [0.3, 0.4) is 0 Å². The Morgan fingerprint density at radius 3 is 2.84 bits per heavy atom. The maximum Gasteiger partial charge on any atom is 0.124 e. The number of thiazole rings is 1. The molecule has 1 aromatic heterocycles. The first-order valence-electron chi connectivity index (χ1n) is 6.73. The zero-order valence-electron chi connectivity index (χ0n) is 10.7. The monoisotopic (exact) mass is 336 g/mol. The lowest BCUT2D eigenvalue weighted by atomic mass is 9.93. The van der Waals surface area contributed by atoms with E-state index in [9.17, 15) is 0 Å². The summed E-state index contributed by atoms with van der Waals surface area (Å²) in [5.74, 6) is 0.801. The van der Waals surface area contributed by atoms with Crippen molar-refractivity contribution < 1.29 is 0 Å². The minimum Gasteiger partial charge on any atom is -0.317 e. The highest BCUT2D eigenvalue weighted by atomic mass is 79.9. The van der Waals surface area contributed by atoms with Gasteiger partial charge in [0.1, 0.15) is 5.01 Å². The fraction of sp³-hybridized carbons (Fsp3) is 0.400. The van der Waals surface area contributed by atoms with Crippen molar-refractivity contribution in [1.29, 1.82) is 0 Å². The third-order valence-electron chi connectivity index (χ3n) is 3.61. The van der Waals surface area contributed by atoms with Crippen molar-refractivity contribution in [3.8, 4) is 10.6 Å². The van der Waals surface area contributed by atoms with E-state index >= 15 is 0 Å². The first-order valence-corrected chi connectivity index (χ1v) is 8.40. The molecule has 1 fully saturated rings. The van der Waals surface area contributed by atoms with Crippen LogP contribution in [0.25, 0.3) is 10.6 Å². The van der Waals surface area contributed by atoms with Crippen molar-refractivity contribution in [2.75, 3.05) is 13.1 Å². The third-order valence-corrected chi connectivity index (χ3v) is 5.23. The molecule has 0 aliphatic carbocycles. The van der Waals surface area contributed by atoms with Gasteiger partial charge in [0.25, 0.3) is 0 Å². The maximum absolute atomic E-state index is 4.80. The predicted molar refractivity (Wildman–Crippen MR) is 84.5 cm³/mol. The summed E-state index contributed by atoms with van der Waals surface area (Å²) in [7, 11) is 0. The van der Waals surface area contributed by atoms with Gasteiger partial charge in [-0.15, -0.1) is 11.3 Å². The Kier molecular flexibility index (Phi) is 4.31. The molecule has 1 saturated heterocycles. The summed E-state index contributed by atoms with van der Waals surface area (Å²) >= 11 is 5.35. The molecule has 0 saturated carbocycles. The summed E-state index contributed by atoms with van der Waals surface area (Å²) in [5.41, 5.74) is 2.45. The van der Waals surface area contributed by atoms with Crippen LogP contribution in [0.4, 0.5) is 0 Å². The molecule has 2 nitrogen and oxygen atoms in total. The van der Waals surface area contributed by atoms with Gasteiger partial charge in [0.05, 0.1) is 5.69 Å². The van der Waals surface area contributed by atoms with Crippen LogP contribution >= 0.6 is 27.3 Å². The minimum absolute atomic E-state index is 0.801. The van der Waals surface area contributed by atoms with Gasteiger partial charge in [-0.05, 0) is 44.3 Å². The second-order valence-electron chi connectivity index (χ2n) is 5.02. The highest BCUT2D eigenvalue weighted by Gasteiger charge is 2.15. The topological polar surface area (TPSA) is 24.9 Å². The zero-order chi connectivity index (χ0) is 13.1. The molecule has 19 heavy (non-hydrogen) atoms. The lowest BCUT2D eigenvalue weighted by Gasteiger charge is -2.21. The van der Waals surface area contributed by atoms with E-state index in [4.69, 9.17) is 4.98 Å². The minimum atomic E-state index is 0.801. The Balaban J connectivity index is 1.74. The number of hydrogen-bond acceptors (Lipinski definition) is 3. The van der Waals surface area contributed by atoms with E-state index in [1.807, 2.05) is 6.07 Å². The number of nitrogens with one attached hydrogen (secondary N) is 1. The molecule has 1 aromatic carbocycles. The molecule has 0 bridgehead atoms. The van der Waals surface area contributed by atoms with Crippen LogP contribution in [-0.4, -0.2) is 18.1 Å². The maximum atomic E-state index is 4.80. The molecule has 0 amide bonds. The average molecular weight is 337 g/mol.